The summed E-state index contributed by atoms with van der Waals surface area (Å²) >= 11 is 5.78. The molecule has 90 valence electrons. The van der Waals surface area contributed by atoms with Crippen LogP contribution < -0.4 is 5.73 Å². The fourth-order valence-corrected chi connectivity index (χ4v) is 1.78. The van der Waals surface area contributed by atoms with Crippen LogP contribution in [0.15, 0.2) is 30.7 Å². The zero-order valence-corrected chi connectivity index (χ0v) is 9.60. The smallest absolute Gasteiger partial charge is 0.126 e. The molecule has 0 aliphatic carbocycles. The van der Waals surface area contributed by atoms with Crippen molar-refractivity contribution < 1.29 is 9.50 Å². The Kier molecular flexibility index (Phi) is 3.42. The number of halogens is 2. The summed E-state index contributed by atoms with van der Waals surface area (Å²) in [5.74, 6) is -0.440. The zero-order chi connectivity index (χ0) is 12.4. The minimum atomic E-state index is -0.570. The largest absolute Gasteiger partial charge is 0.394 e. The van der Waals surface area contributed by atoms with Crippen molar-refractivity contribution >= 4 is 11.6 Å². The number of hydrogen-bond donors (Lipinski definition) is 2. The van der Waals surface area contributed by atoms with Gasteiger partial charge in [0.05, 0.1) is 36.6 Å². The van der Waals surface area contributed by atoms with E-state index in [-0.39, 0.29) is 11.6 Å². The number of rotatable bonds is 3. The van der Waals surface area contributed by atoms with Crippen LogP contribution in [-0.2, 0) is 0 Å². The average Bonchev–Trinajstić information content (AvgIpc) is 2.75. The molecule has 2 aromatic rings. The molecule has 2 rings (SSSR count). The molecule has 0 spiro atoms. The van der Waals surface area contributed by atoms with Gasteiger partial charge in [-0.2, -0.15) is 0 Å². The van der Waals surface area contributed by atoms with Crippen LogP contribution in [0.3, 0.4) is 0 Å². The predicted octanol–water partition coefficient (Wildman–Crippen LogP) is 1.66. The third kappa shape index (κ3) is 2.46. The van der Waals surface area contributed by atoms with E-state index in [4.69, 9.17) is 22.4 Å². The number of nitrogens with two attached hydrogens (primary N) is 1. The molecule has 4 nitrogen and oxygen atoms in total. The lowest BCUT2D eigenvalue weighted by molar-refractivity contribution is 0.265. The SMILES string of the molecule is NC(CO)c1cncn1-c1cc(F)cc(Cl)c1. The molecule has 6 heteroatoms. The first kappa shape index (κ1) is 12.0. The first-order chi connectivity index (χ1) is 8.11. The molecule has 1 heterocycles. The Labute approximate surface area is 102 Å². The highest BCUT2D eigenvalue weighted by atomic mass is 35.5. The Morgan fingerprint density at radius 2 is 2.24 bits per heavy atom. The number of imidazole rings is 1. The minimum absolute atomic E-state index is 0.214. The monoisotopic (exact) mass is 255 g/mol. The normalized spacial score (nSPS) is 12.7. The van der Waals surface area contributed by atoms with E-state index in [0.717, 1.165) is 0 Å². The van der Waals surface area contributed by atoms with Crippen LogP contribution in [0.4, 0.5) is 4.39 Å². The molecule has 0 aliphatic heterocycles. The summed E-state index contributed by atoms with van der Waals surface area (Å²) < 4.78 is 14.8. The summed E-state index contributed by atoms with van der Waals surface area (Å²) in [5, 5.41) is 9.31. The minimum Gasteiger partial charge on any atom is -0.394 e. The zero-order valence-electron chi connectivity index (χ0n) is 8.85. The fourth-order valence-electron chi connectivity index (χ4n) is 1.57. The lowest BCUT2D eigenvalue weighted by Gasteiger charge is -2.12. The van der Waals surface area contributed by atoms with Crippen LogP contribution in [0, 0.1) is 5.82 Å². The first-order valence-electron chi connectivity index (χ1n) is 4.97. The molecule has 3 N–H and O–H groups in total. The van der Waals surface area contributed by atoms with E-state index in [1.165, 1.54) is 24.7 Å². The lowest BCUT2D eigenvalue weighted by atomic mass is 10.2. The fraction of sp³-hybridized carbons (Fsp3) is 0.182. The maximum absolute atomic E-state index is 13.2. The summed E-state index contributed by atoms with van der Waals surface area (Å²) in [5.41, 5.74) is 6.83. The van der Waals surface area contributed by atoms with E-state index >= 15 is 0 Å². The molecule has 1 aromatic carbocycles. The van der Waals surface area contributed by atoms with Gasteiger partial charge in [0, 0.05) is 5.02 Å². The quantitative estimate of drug-likeness (QED) is 0.877. The van der Waals surface area contributed by atoms with Gasteiger partial charge in [-0.1, -0.05) is 11.6 Å². The van der Waals surface area contributed by atoms with Gasteiger partial charge in [-0.15, -0.1) is 0 Å². The van der Waals surface area contributed by atoms with Crippen LogP contribution in [0.1, 0.15) is 11.7 Å². The van der Waals surface area contributed by atoms with E-state index in [2.05, 4.69) is 4.98 Å². The molecular formula is C11H11ClFN3O. The molecule has 0 saturated heterocycles. The Bertz CT molecular complexity index is 509. The van der Waals surface area contributed by atoms with E-state index in [0.29, 0.717) is 11.4 Å². The van der Waals surface area contributed by atoms with Crippen molar-refractivity contribution in [3.63, 3.8) is 0 Å². The van der Waals surface area contributed by atoms with Gasteiger partial charge in [0.2, 0.25) is 0 Å². The van der Waals surface area contributed by atoms with Gasteiger partial charge in [-0.05, 0) is 18.2 Å². The molecule has 0 fully saturated rings. The van der Waals surface area contributed by atoms with Crippen molar-refractivity contribution in [3.05, 3.63) is 47.3 Å². The molecule has 0 bridgehead atoms. The maximum Gasteiger partial charge on any atom is 0.126 e. The van der Waals surface area contributed by atoms with Crippen molar-refractivity contribution in [2.75, 3.05) is 6.61 Å². The summed E-state index contributed by atoms with van der Waals surface area (Å²) in [6.07, 6.45) is 3.02. The molecule has 1 atom stereocenters. The number of hydrogen-bond acceptors (Lipinski definition) is 3. The number of nitrogens with zero attached hydrogens (tertiary/aromatic N) is 2. The number of aromatic nitrogens is 2. The van der Waals surface area contributed by atoms with Crippen LogP contribution in [0.25, 0.3) is 5.69 Å². The Morgan fingerprint density at radius 3 is 2.88 bits per heavy atom. The van der Waals surface area contributed by atoms with E-state index in [1.54, 1.807) is 10.6 Å². The maximum atomic E-state index is 13.2. The lowest BCUT2D eigenvalue weighted by Crippen LogP contribution is -2.18. The molecule has 0 saturated carbocycles. The van der Waals surface area contributed by atoms with Gasteiger partial charge < -0.3 is 15.4 Å². The van der Waals surface area contributed by atoms with Gasteiger partial charge in [0.1, 0.15) is 5.82 Å². The summed E-state index contributed by atoms with van der Waals surface area (Å²) in [7, 11) is 0. The first-order valence-corrected chi connectivity index (χ1v) is 5.34. The van der Waals surface area contributed by atoms with Gasteiger partial charge in [0.25, 0.3) is 0 Å². The highest BCUT2D eigenvalue weighted by molar-refractivity contribution is 6.30. The Hall–Kier alpha value is -1.43. The van der Waals surface area contributed by atoms with Crippen molar-refractivity contribution in [2.24, 2.45) is 5.73 Å². The third-order valence-corrected chi connectivity index (χ3v) is 2.59. The van der Waals surface area contributed by atoms with Crippen molar-refractivity contribution in [1.82, 2.24) is 9.55 Å². The number of benzene rings is 1. The Balaban J connectivity index is 2.49. The topological polar surface area (TPSA) is 64.1 Å². The molecule has 1 unspecified atom stereocenters. The average molecular weight is 256 g/mol. The number of aliphatic hydroxyl groups excluding tert-OH is 1. The highest BCUT2D eigenvalue weighted by Crippen LogP contribution is 2.21. The van der Waals surface area contributed by atoms with Gasteiger partial charge in [0.15, 0.2) is 0 Å². The molecular weight excluding hydrogens is 245 g/mol. The van der Waals surface area contributed by atoms with Gasteiger partial charge in [-0.25, -0.2) is 9.37 Å². The van der Waals surface area contributed by atoms with Crippen LogP contribution in [0.2, 0.25) is 5.02 Å². The second kappa shape index (κ2) is 4.83. The highest BCUT2D eigenvalue weighted by Gasteiger charge is 2.12. The van der Waals surface area contributed by atoms with Crippen LogP contribution in [-0.4, -0.2) is 21.3 Å². The second-order valence-corrected chi connectivity index (χ2v) is 4.04. The van der Waals surface area contributed by atoms with E-state index < -0.39 is 11.9 Å². The number of aliphatic hydroxyl groups is 1. The summed E-state index contributed by atoms with van der Waals surface area (Å²) in [6.45, 7) is -0.214. The van der Waals surface area contributed by atoms with Crippen LogP contribution in [0.5, 0.6) is 0 Å². The van der Waals surface area contributed by atoms with E-state index in [1.807, 2.05) is 0 Å². The predicted molar refractivity (Wildman–Crippen MR) is 62.5 cm³/mol. The van der Waals surface area contributed by atoms with Crippen molar-refractivity contribution in [3.8, 4) is 5.69 Å². The molecule has 0 radical (unpaired) electrons. The second-order valence-electron chi connectivity index (χ2n) is 3.61. The van der Waals surface area contributed by atoms with Crippen molar-refractivity contribution in [2.45, 2.75) is 6.04 Å². The van der Waals surface area contributed by atoms with Gasteiger partial charge in [-0.3, -0.25) is 0 Å². The van der Waals surface area contributed by atoms with Crippen LogP contribution >= 0.6 is 11.6 Å². The van der Waals surface area contributed by atoms with Crippen molar-refractivity contribution in [1.29, 1.82) is 0 Å². The van der Waals surface area contributed by atoms with Gasteiger partial charge >= 0.3 is 0 Å². The summed E-state index contributed by atoms with van der Waals surface area (Å²) in [4.78, 5) is 3.93. The third-order valence-electron chi connectivity index (χ3n) is 2.37. The molecule has 1 aromatic heterocycles. The molecule has 0 amide bonds. The van der Waals surface area contributed by atoms with E-state index in [9.17, 15) is 4.39 Å². The summed E-state index contributed by atoms with van der Waals surface area (Å²) in [6, 6.07) is 3.56. The standard InChI is InChI=1S/C11H11ClFN3O/c12-7-1-8(13)3-9(2-7)16-6-15-4-11(16)10(14)5-17/h1-4,6,10,17H,5,14H2. The Morgan fingerprint density at radius 1 is 1.47 bits per heavy atom. The molecule has 17 heavy (non-hydrogen) atoms. The molecule has 0 aliphatic rings.